The molecule has 0 aliphatic carbocycles. The molecule has 0 saturated heterocycles. The van der Waals surface area contributed by atoms with Crippen molar-refractivity contribution in [1.29, 1.82) is 0 Å². The van der Waals surface area contributed by atoms with Gasteiger partial charge < -0.3 is 10.6 Å². The number of hydrogen-bond acceptors (Lipinski definition) is 2. The number of rotatable bonds is 3. The number of benzene rings is 1. The van der Waals surface area contributed by atoms with Gasteiger partial charge in [0.25, 0.3) is 0 Å². The van der Waals surface area contributed by atoms with Crippen molar-refractivity contribution < 1.29 is 0 Å². The lowest BCUT2D eigenvalue weighted by Crippen LogP contribution is -2.31. The maximum atomic E-state index is 5.36. The molecule has 1 aliphatic heterocycles. The first-order valence-electron chi connectivity index (χ1n) is 6.29. The van der Waals surface area contributed by atoms with Crippen LogP contribution in [0.15, 0.2) is 24.3 Å². The highest BCUT2D eigenvalue weighted by atomic mass is 15.0. The Hall–Kier alpha value is -1.30. The summed E-state index contributed by atoms with van der Waals surface area (Å²) in [6.07, 6.45) is 7.26. The van der Waals surface area contributed by atoms with Crippen LogP contribution < -0.4 is 10.6 Å². The van der Waals surface area contributed by atoms with Crippen LogP contribution in [0.3, 0.4) is 0 Å². The fourth-order valence-electron chi connectivity index (χ4n) is 2.41. The van der Waals surface area contributed by atoms with Crippen LogP contribution in [0.5, 0.6) is 0 Å². The number of terminal acetylenes is 1. The molecule has 1 aliphatic rings. The molecule has 0 aromatic heterocycles. The summed E-state index contributed by atoms with van der Waals surface area (Å²) in [5, 5.41) is 7.09. The molecule has 0 fully saturated rings. The van der Waals surface area contributed by atoms with Crippen LogP contribution in [-0.2, 0) is 6.54 Å². The Bertz CT molecular complexity index is 406. The Kier molecular flexibility index (Phi) is 4.19. The summed E-state index contributed by atoms with van der Waals surface area (Å²) in [6, 6.07) is 9.44. The fraction of sp³-hybridized carbons (Fsp3) is 0.467. The zero-order chi connectivity index (χ0) is 12.1. The molecular formula is C15H20N2. The van der Waals surface area contributed by atoms with Gasteiger partial charge in [-0.1, -0.05) is 24.3 Å². The van der Waals surface area contributed by atoms with Crippen molar-refractivity contribution in [2.24, 2.45) is 0 Å². The Labute approximate surface area is 104 Å². The second-order valence-corrected chi connectivity index (χ2v) is 4.69. The van der Waals surface area contributed by atoms with Crippen LogP contribution >= 0.6 is 0 Å². The van der Waals surface area contributed by atoms with Gasteiger partial charge in [-0.15, -0.1) is 12.3 Å². The fourth-order valence-corrected chi connectivity index (χ4v) is 2.41. The van der Waals surface area contributed by atoms with E-state index in [0.717, 1.165) is 25.9 Å². The molecule has 1 aromatic rings. The van der Waals surface area contributed by atoms with E-state index in [9.17, 15) is 0 Å². The van der Waals surface area contributed by atoms with E-state index in [2.05, 4.69) is 47.7 Å². The van der Waals surface area contributed by atoms with Crippen LogP contribution in [0.4, 0.5) is 0 Å². The predicted octanol–water partition coefficient (Wildman–Crippen LogP) is 2.22. The van der Waals surface area contributed by atoms with Crippen molar-refractivity contribution in [3.8, 4) is 12.3 Å². The quantitative estimate of drug-likeness (QED) is 0.775. The zero-order valence-electron chi connectivity index (χ0n) is 10.4. The summed E-state index contributed by atoms with van der Waals surface area (Å²) < 4.78 is 0. The smallest absolute Gasteiger partial charge is 0.0338 e. The third-order valence-electron chi connectivity index (χ3n) is 3.27. The van der Waals surface area contributed by atoms with Crippen LogP contribution in [0.25, 0.3) is 0 Å². The Morgan fingerprint density at radius 1 is 1.53 bits per heavy atom. The Morgan fingerprint density at radius 2 is 2.35 bits per heavy atom. The molecule has 2 nitrogen and oxygen atoms in total. The van der Waals surface area contributed by atoms with Crippen molar-refractivity contribution in [1.82, 2.24) is 10.6 Å². The molecule has 90 valence electrons. The second kappa shape index (κ2) is 5.86. The lowest BCUT2D eigenvalue weighted by atomic mass is 9.98. The van der Waals surface area contributed by atoms with Gasteiger partial charge in [-0.2, -0.15) is 0 Å². The molecule has 0 spiro atoms. The van der Waals surface area contributed by atoms with Gasteiger partial charge in [-0.25, -0.2) is 0 Å². The van der Waals surface area contributed by atoms with Crippen molar-refractivity contribution in [2.75, 3.05) is 6.54 Å². The minimum absolute atomic E-state index is 0.371. The van der Waals surface area contributed by atoms with Gasteiger partial charge in [-0.05, 0) is 31.0 Å². The summed E-state index contributed by atoms with van der Waals surface area (Å²) in [4.78, 5) is 0. The molecule has 2 atom stereocenters. The van der Waals surface area contributed by atoms with Crippen molar-refractivity contribution in [3.05, 3.63) is 35.4 Å². The summed E-state index contributed by atoms with van der Waals surface area (Å²) in [5.41, 5.74) is 2.82. The largest absolute Gasteiger partial charge is 0.313 e. The monoisotopic (exact) mass is 228 g/mol. The number of hydrogen-bond donors (Lipinski definition) is 2. The highest BCUT2D eigenvalue weighted by Gasteiger charge is 2.18. The van der Waals surface area contributed by atoms with E-state index in [1.807, 2.05) is 0 Å². The SMILES string of the molecule is C#CCC(C)NC1CCNCc2ccccc21. The minimum atomic E-state index is 0.371. The molecule has 0 amide bonds. The van der Waals surface area contributed by atoms with E-state index < -0.39 is 0 Å². The first kappa shape index (κ1) is 12.2. The highest BCUT2D eigenvalue weighted by molar-refractivity contribution is 5.31. The normalized spacial score (nSPS) is 21.1. The van der Waals surface area contributed by atoms with E-state index >= 15 is 0 Å². The van der Waals surface area contributed by atoms with Gasteiger partial charge in [0, 0.05) is 25.0 Å². The lowest BCUT2D eigenvalue weighted by Gasteiger charge is -2.22. The van der Waals surface area contributed by atoms with Gasteiger partial charge in [0.15, 0.2) is 0 Å². The molecule has 17 heavy (non-hydrogen) atoms. The van der Waals surface area contributed by atoms with Crippen molar-refractivity contribution in [3.63, 3.8) is 0 Å². The first-order valence-corrected chi connectivity index (χ1v) is 6.29. The van der Waals surface area contributed by atoms with E-state index in [4.69, 9.17) is 6.42 Å². The molecule has 1 heterocycles. The van der Waals surface area contributed by atoms with Crippen LogP contribution in [0.2, 0.25) is 0 Å². The van der Waals surface area contributed by atoms with Crippen molar-refractivity contribution >= 4 is 0 Å². The van der Waals surface area contributed by atoms with Gasteiger partial charge >= 0.3 is 0 Å². The summed E-state index contributed by atoms with van der Waals surface area (Å²) in [7, 11) is 0. The standard InChI is InChI=1S/C15H20N2/c1-3-6-12(2)17-15-9-10-16-11-13-7-4-5-8-14(13)15/h1,4-5,7-8,12,15-17H,6,9-11H2,2H3. The Morgan fingerprint density at radius 3 is 3.18 bits per heavy atom. The average molecular weight is 228 g/mol. The maximum absolute atomic E-state index is 5.36. The van der Waals surface area contributed by atoms with Gasteiger partial charge in [0.05, 0.1) is 0 Å². The van der Waals surface area contributed by atoms with Crippen molar-refractivity contribution in [2.45, 2.75) is 38.4 Å². The molecular weight excluding hydrogens is 208 g/mol. The molecule has 0 bridgehead atoms. The van der Waals surface area contributed by atoms with Gasteiger partial charge in [-0.3, -0.25) is 0 Å². The number of nitrogens with one attached hydrogen (secondary N) is 2. The van der Waals surface area contributed by atoms with Crippen LogP contribution in [0.1, 0.15) is 36.9 Å². The van der Waals surface area contributed by atoms with E-state index in [1.54, 1.807) is 0 Å². The molecule has 2 heteroatoms. The second-order valence-electron chi connectivity index (χ2n) is 4.69. The third-order valence-corrected chi connectivity index (χ3v) is 3.27. The minimum Gasteiger partial charge on any atom is -0.313 e. The topological polar surface area (TPSA) is 24.1 Å². The summed E-state index contributed by atoms with van der Waals surface area (Å²) >= 11 is 0. The van der Waals surface area contributed by atoms with Crippen LogP contribution in [0, 0.1) is 12.3 Å². The highest BCUT2D eigenvalue weighted by Crippen LogP contribution is 2.24. The first-order chi connectivity index (χ1) is 8.31. The molecule has 2 unspecified atom stereocenters. The van der Waals surface area contributed by atoms with Gasteiger partial charge in [0.1, 0.15) is 0 Å². The molecule has 0 saturated carbocycles. The molecule has 1 aromatic carbocycles. The molecule has 2 rings (SSSR count). The maximum Gasteiger partial charge on any atom is 0.0338 e. The Balaban J connectivity index is 2.14. The van der Waals surface area contributed by atoms with E-state index in [-0.39, 0.29) is 0 Å². The van der Waals surface area contributed by atoms with E-state index in [1.165, 1.54) is 11.1 Å². The average Bonchev–Trinajstić information content (AvgIpc) is 2.53. The van der Waals surface area contributed by atoms with Gasteiger partial charge in [0.2, 0.25) is 0 Å². The van der Waals surface area contributed by atoms with E-state index in [0.29, 0.717) is 12.1 Å². The molecule has 2 N–H and O–H groups in total. The lowest BCUT2D eigenvalue weighted by molar-refractivity contribution is 0.438. The third kappa shape index (κ3) is 3.09. The van der Waals surface area contributed by atoms with Crippen LogP contribution in [-0.4, -0.2) is 12.6 Å². The summed E-state index contributed by atoms with van der Waals surface area (Å²) in [5.74, 6) is 2.72. The predicted molar refractivity (Wildman–Crippen MR) is 71.6 cm³/mol. The zero-order valence-corrected chi connectivity index (χ0v) is 10.4. The number of fused-ring (bicyclic) bond motifs is 1. The molecule has 0 radical (unpaired) electrons. The summed E-state index contributed by atoms with van der Waals surface area (Å²) in [6.45, 7) is 4.17.